The van der Waals surface area contributed by atoms with Crippen LogP contribution in [0.1, 0.15) is 22.6 Å². The second-order valence-electron chi connectivity index (χ2n) is 8.06. The van der Waals surface area contributed by atoms with E-state index in [0.717, 1.165) is 0 Å². The molecule has 0 saturated heterocycles. The van der Waals surface area contributed by atoms with E-state index in [1.165, 1.54) is 18.3 Å². The highest BCUT2D eigenvalue weighted by Crippen LogP contribution is 2.44. The number of fused-ring (bicyclic) bond motifs is 1. The molecule has 5 nitrogen and oxygen atoms in total. The smallest absolute Gasteiger partial charge is 0.373 e. The van der Waals surface area contributed by atoms with Crippen LogP contribution in [0.25, 0.3) is 22.0 Å². The molecule has 0 spiro atoms. The van der Waals surface area contributed by atoms with Gasteiger partial charge in [-0.3, -0.25) is 4.98 Å². The molecule has 1 N–H and O–H groups in total. The Morgan fingerprint density at radius 3 is 2.34 bits per heavy atom. The van der Waals surface area contributed by atoms with Crippen molar-refractivity contribution in [2.24, 2.45) is 7.05 Å². The predicted octanol–water partition coefficient (Wildman–Crippen LogP) is 5.99. The molecule has 0 fully saturated rings. The van der Waals surface area contributed by atoms with E-state index in [2.05, 4.69) is 15.0 Å². The number of alkyl halides is 3. The Morgan fingerprint density at radius 2 is 1.71 bits per heavy atom. The zero-order valence-corrected chi connectivity index (χ0v) is 19.1. The quantitative estimate of drug-likeness (QED) is 0.333. The molecule has 0 aliphatic carbocycles. The molecule has 3 heterocycles. The second kappa shape index (κ2) is 8.48. The van der Waals surface area contributed by atoms with Gasteiger partial charge in [-0.1, -0.05) is 54.1 Å². The van der Waals surface area contributed by atoms with E-state index in [1.54, 1.807) is 78.7 Å². The zero-order chi connectivity index (χ0) is 24.8. The van der Waals surface area contributed by atoms with Crippen molar-refractivity contribution in [3.63, 3.8) is 0 Å². The third-order valence-electron chi connectivity index (χ3n) is 5.89. The summed E-state index contributed by atoms with van der Waals surface area (Å²) in [4.78, 5) is 12.4. The Bertz CT molecular complexity index is 1520. The van der Waals surface area contributed by atoms with Crippen LogP contribution in [0.4, 0.5) is 13.2 Å². The second-order valence-corrected chi connectivity index (χ2v) is 8.44. The summed E-state index contributed by atoms with van der Waals surface area (Å²) in [5.41, 5.74) is -1.59. The van der Waals surface area contributed by atoms with E-state index >= 15 is 0 Å². The van der Waals surface area contributed by atoms with Crippen LogP contribution in [0.3, 0.4) is 0 Å². The fourth-order valence-corrected chi connectivity index (χ4v) is 4.58. The normalized spacial score (nSPS) is 13.7. The summed E-state index contributed by atoms with van der Waals surface area (Å²) in [5, 5.41) is 12.2. The minimum absolute atomic E-state index is 0.0548. The van der Waals surface area contributed by atoms with Crippen molar-refractivity contribution < 1.29 is 18.3 Å². The maximum Gasteiger partial charge on any atom is 0.434 e. The van der Waals surface area contributed by atoms with Gasteiger partial charge >= 0.3 is 6.18 Å². The van der Waals surface area contributed by atoms with Crippen molar-refractivity contribution in [2.75, 3.05) is 0 Å². The molecule has 1 atom stereocenters. The van der Waals surface area contributed by atoms with Gasteiger partial charge < -0.3 is 9.67 Å². The average Bonchev–Trinajstić information content (AvgIpc) is 3.30. The summed E-state index contributed by atoms with van der Waals surface area (Å²) in [6.07, 6.45) is -0.108. The zero-order valence-electron chi connectivity index (χ0n) is 18.3. The van der Waals surface area contributed by atoms with Crippen LogP contribution in [0.2, 0.25) is 5.02 Å². The monoisotopic (exact) mass is 494 g/mol. The number of nitrogens with zero attached hydrogens (tertiary/aromatic N) is 4. The average molecular weight is 495 g/mol. The molecule has 0 radical (unpaired) electrons. The maximum absolute atomic E-state index is 14.0. The van der Waals surface area contributed by atoms with E-state index in [-0.39, 0.29) is 27.1 Å². The van der Waals surface area contributed by atoms with Crippen LogP contribution in [-0.4, -0.2) is 24.6 Å². The molecule has 176 valence electrons. The minimum atomic E-state index is -4.72. The first-order valence-electron chi connectivity index (χ1n) is 10.6. The first-order valence-corrected chi connectivity index (χ1v) is 11.0. The number of aryl methyl sites for hydroxylation is 1. The highest BCUT2D eigenvalue weighted by Gasteiger charge is 2.40. The van der Waals surface area contributed by atoms with Crippen LogP contribution in [0.5, 0.6) is 0 Å². The van der Waals surface area contributed by atoms with Crippen molar-refractivity contribution in [2.45, 2.75) is 11.8 Å². The molecule has 0 saturated carbocycles. The molecule has 5 rings (SSSR count). The SMILES string of the molecule is Cn1cncc1C(O)(c1ccc2nc(C(F)(F)F)c(-c3ccccc3)c(Cl)c2c1)c1ccccn1. The molecule has 0 aliphatic rings. The van der Waals surface area contributed by atoms with Gasteiger partial charge in [0.25, 0.3) is 0 Å². The Kier molecular flexibility index (Phi) is 5.57. The number of hydrogen-bond acceptors (Lipinski definition) is 4. The van der Waals surface area contributed by atoms with E-state index in [0.29, 0.717) is 17.0 Å². The first kappa shape index (κ1) is 23.0. The number of benzene rings is 2. The summed E-state index contributed by atoms with van der Waals surface area (Å²) in [7, 11) is 1.73. The van der Waals surface area contributed by atoms with Crippen molar-refractivity contribution in [3.05, 3.63) is 113 Å². The Morgan fingerprint density at radius 1 is 0.971 bits per heavy atom. The third-order valence-corrected chi connectivity index (χ3v) is 6.29. The maximum atomic E-state index is 14.0. The summed E-state index contributed by atoms with van der Waals surface area (Å²) in [6.45, 7) is 0. The number of imidazole rings is 1. The molecule has 2 aromatic carbocycles. The number of rotatable bonds is 4. The molecule has 9 heteroatoms. The standard InChI is InChI=1S/C26H18ClF3N4O/c1-34-15-31-14-21(34)25(35,20-9-5-6-12-32-20)17-10-11-19-18(13-17)23(27)22(16-7-3-2-4-8-16)24(33-19)26(28,29)30/h2-15,35H,1H3. The van der Waals surface area contributed by atoms with Gasteiger partial charge in [-0.2, -0.15) is 13.2 Å². The van der Waals surface area contributed by atoms with E-state index in [4.69, 9.17) is 11.6 Å². The lowest BCUT2D eigenvalue weighted by Crippen LogP contribution is -2.32. The van der Waals surface area contributed by atoms with Gasteiger partial charge in [-0.15, -0.1) is 0 Å². The number of aliphatic hydroxyl groups is 1. The molecule has 35 heavy (non-hydrogen) atoms. The molecule has 0 bridgehead atoms. The number of halogens is 4. The number of hydrogen-bond donors (Lipinski definition) is 1. The van der Waals surface area contributed by atoms with Crippen molar-refractivity contribution in [1.29, 1.82) is 0 Å². The molecule has 0 amide bonds. The minimum Gasteiger partial charge on any atom is -0.373 e. The van der Waals surface area contributed by atoms with Crippen LogP contribution in [0.15, 0.2) is 85.5 Å². The lowest BCUT2D eigenvalue weighted by atomic mass is 9.85. The largest absolute Gasteiger partial charge is 0.434 e. The van der Waals surface area contributed by atoms with Crippen LogP contribution < -0.4 is 0 Å². The van der Waals surface area contributed by atoms with Gasteiger partial charge in [0, 0.05) is 24.2 Å². The molecule has 3 aromatic heterocycles. The van der Waals surface area contributed by atoms with Gasteiger partial charge in [-0.05, 0) is 35.4 Å². The third kappa shape index (κ3) is 3.84. The van der Waals surface area contributed by atoms with Crippen molar-refractivity contribution in [3.8, 4) is 11.1 Å². The number of pyridine rings is 2. The summed E-state index contributed by atoms with van der Waals surface area (Å²) >= 11 is 6.66. The molecular formula is C26H18ClF3N4O. The number of aromatic nitrogens is 4. The molecule has 0 aliphatic heterocycles. The van der Waals surface area contributed by atoms with Gasteiger partial charge in [-0.25, -0.2) is 9.97 Å². The molecule has 1 unspecified atom stereocenters. The first-order chi connectivity index (χ1) is 16.7. The van der Waals surface area contributed by atoms with Crippen LogP contribution >= 0.6 is 11.6 Å². The van der Waals surface area contributed by atoms with Crippen molar-refractivity contribution in [1.82, 2.24) is 19.5 Å². The van der Waals surface area contributed by atoms with E-state index in [9.17, 15) is 18.3 Å². The highest BCUT2D eigenvalue weighted by atomic mass is 35.5. The Balaban J connectivity index is 1.82. The van der Waals surface area contributed by atoms with Gasteiger partial charge in [0.1, 0.15) is 0 Å². The summed E-state index contributed by atoms with van der Waals surface area (Å²) in [6, 6.07) is 17.7. The van der Waals surface area contributed by atoms with Crippen LogP contribution in [-0.2, 0) is 18.8 Å². The lowest BCUT2D eigenvalue weighted by Gasteiger charge is -2.29. The summed E-state index contributed by atoms with van der Waals surface area (Å²) in [5.74, 6) is 0. The molecule has 5 aromatic rings. The van der Waals surface area contributed by atoms with E-state index in [1.807, 2.05) is 0 Å². The fraction of sp³-hybridized carbons (Fsp3) is 0.115. The van der Waals surface area contributed by atoms with Gasteiger partial charge in [0.15, 0.2) is 11.3 Å². The lowest BCUT2D eigenvalue weighted by molar-refractivity contribution is -0.140. The Labute approximate surface area is 203 Å². The Hall–Kier alpha value is -3.75. The predicted molar refractivity (Wildman–Crippen MR) is 127 cm³/mol. The highest BCUT2D eigenvalue weighted by molar-refractivity contribution is 6.38. The van der Waals surface area contributed by atoms with Gasteiger partial charge in [0.2, 0.25) is 0 Å². The van der Waals surface area contributed by atoms with E-state index < -0.39 is 17.5 Å². The summed E-state index contributed by atoms with van der Waals surface area (Å²) < 4.78 is 43.6. The molecular weight excluding hydrogens is 477 g/mol. The van der Waals surface area contributed by atoms with Crippen LogP contribution in [0, 0.1) is 0 Å². The topological polar surface area (TPSA) is 63.8 Å². The fourth-order valence-electron chi connectivity index (χ4n) is 4.23. The van der Waals surface area contributed by atoms with Crippen molar-refractivity contribution >= 4 is 22.5 Å². The van der Waals surface area contributed by atoms with Gasteiger partial charge in [0.05, 0.1) is 34.5 Å².